The van der Waals surface area contributed by atoms with Crippen LogP contribution in [0.2, 0.25) is 0 Å². The zero-order valence-electron chi connectivity index (χ0n) is 22.5. The number of rotatable bonds is 12. The maximum absolute atomic E-state index is 12.7. The second-order valence-corrected chi connectivity index (χ2v) is 11.4. The van der Waals surface area contributed by atoms with Gasteiger partial charge in [-0.25, -0.2) is 22.9 Å². The van der Waals surface area contributed by atoms with Gasteiger partial charge in [-0.05, 0) is 76.6 Å². The smallest absolute Gasteiger partial charge is 0.315 e. The molecule has 0 aliphatic carbocycles. The number of sulfonamides is 1. The van der Waals surface area contributed by atoms with Gasteiger partial charge >= 0.3 is 6.03 Å². The fraction of sp³-hybridized carbons (Fsp3) is 0.346. The first-order chi connectivity index (χ1) is 18.4. The van der Waals surface area contributed by atoms with Crippen LogP contribution in [-0.2, 0) is 10.0 Å². The van der Waals surface area contributed by atoms with Crippen molar-refractivity contribution in [2.45, 2.75) is 44.6 Å². The number of hydrogen-bond acceptors (Lipinski definition) is 9. The Bertz CT molecular complexity index is 1360. The van der Waals surface area contributed by atoms with Crippen molar-refractivity contribution in [3.8, 4) is 5.75 Å². The standard InChI is InChI=1S/C26H36N8O4S/c1-18-16-29-24(32-19-9-11-21(12-10-19)38-14-6-13-28-25(35)30-17-27)33-23(18)31-20-7-5-8-22(15-20)39(36,37)34-26(2,3)4/h5,7-12,15-16,34H,6,13-14,17,27H2,1-4H3,(H2,28,30,35)(H2,29,31,32,33). The number of amides is 2. The van der Waals surface area contributed by atoms with E-state index in [4.69, 9.17) is 10.5 Å². The number of hydrogen-bond donors (Lipinski definition) is 6. The van der Waals surface area contributed by atoms with Gasteiger partial charge in [0.25, 0.3) is 0 Å². The molecule has 0 unspecified atom stereocenters. The largest absolute Gasteiger partial charge is 0.494 e. The van der Waals surface area contributed by atoms with E-state index in [9.17, 15) is 13.2 Å². The second-order valence-electron chi connectivity index (χ2n) is 9.72. The van der Waals surface area contributed by atoms with E-state index in [1.807, 2.05) is 31.2 Å². The van der Waals surface area contributed by atoms with Crippen LogP contribution in [0.1, 0.15) is 32.8 Å². The molecule has 12 nitrogen and oxygen atoms in total. The second kappa shape index (κ2) is 13.2. The topological polar surface area (TPSA) is 172 Å². The highest BCUT2D eigenvalue weighted by molar-refractivity contribution is 7.89. The first-order valence-corrected chi connectivity index (χ1v) is 13.9. The van der Waals surface area contributed by atoms with Gasteiger partial charge in [-0.3, -0.25) is 0 Å². The van der Waals surface area contributed by atoms with Crippen molar-refractivity contribution in [2.24, 2.45) is 5.73 Å². The molecule has 0 saturated carbocycles. The van der Waals surface area contributed by atoms with Crippen LogP contribution in [0.25, 0.3) is 0 Å². The predicted molar refractivity (Wildman–Crippen MR) is 152 cm³/mol. The lowest BCUT2D eigenvalue weighted by Gasteiger charge is -2.20. The van der Waals surface area contributed by atoms with Gasteiger partial charge in [0.1, 0.15) is 11.6 Å². The highest BCUT2D eigenvalue weighted by Gasteiger charge is 2.22. The molecule has 0 saturated heterocycles. The lowest BCUT2D eigenvalue weighted by molar-refractivity contribution is 0.239. The number of urea groups is 1. The van der Waals surface area contributed by atoms with Crippen molar-refractivity contribution in [1.29, 1.82) is 0 Å². The van der Waals surface area contributed by atoms with Crippen molar-refractivity contribution >= 4 is 39.2 Å². The third-order valence-corrected chi connectivity index (χ3v) is 6.82. The van der Waals surface area contributed by atoms with Crippen LogP contribution in [0.15, 0.2) is 59.6 Å². The number of aromatic nitrogens is 2. The maximum atomic E-state index is 12.7. The molecule has 0 bridgehead atoms. The Kier molecular flexibility index (Phi) is 10.0. The molecule has 0 radical (unpaired) electrons. The van der Waals surface area contributed by atoms with Gasteiger partial charge in [0.05, 0.1) is 18.2 Å². The van der Waals surface area contributed by atoms with E-state index in [0.717, 1.165) is 11.3 Å². The van der Waals surface area contributed by atoms with Crippen LogP contribution < -0.4 is 36.5 Å². The van der Waals surface area contributed by atoms with Crippen LogP contribution in [0.3, 0.4) is 0 Å². The number of anilines is 4. The predicted octanol–water partition coefficient (Wildman–Crippen LogP) is 3.33. The summed E-state index contributed by atoms with van der Waals surface area (Å²) in [5.74, 6) is 1.60. The lowest BCUT2D eigenvalue weighted by atomic mass is 10.1. The van der Waals surface area contributed by atoms with E-state index >= 15 is 0 Å². The fourth-order valence-corrected chi connectivity index (χ4v) is 4.82. The quantitative estimate of drug-likeness (QED) is 0.144. The van der Waals surface area contributed by atoms with Gasteiger partial charge in [-0.2, -0.15) is 4.98 Å². The number of nitrogens with one attached hydrogen (secondary N) is 5. The lowest BCUT2D eigenvalue weighted by Crippen LogP contribution is -2.40. The Labute approximate surface area is 229 Å². The first-order valence-electron chi connectivity index (χ1n) is 12.4. The molecule has 210 valence electrons. The van der Waals surface area contributed by atoms with Gasteiger partial charge in [0.15, 0.2) is 0 Å². The molecule has 2 amide bonds. The summed E-state index contributed by atoms with van der Waals surface area (Å²) in [6.45, 7) is 8.24. The highest BCUT2D eigenvalue weighted by atomic mass is 32.2. The van der Waals surface area contributed by atoms with E-state index in [1.165, 1.54) is 0 Å². The molecule has 1 aromatic heterocycles. The Morgan fingerprint density at radius 2 is 1.77 bits per heavy atom. The first kappa shape index (κ1) is 29.6. The monoisotopic (exact) mass is 556 g/mol. The number of nitrogens with two attached hydrogens (primary N) is 1. The molecule has 39 heavy (non-hydrogen) atoms. The summed E-state index contributed by atoms with van der Waals surface area (Å²) in [5.41, 5.74) is 6.78. The Hall–Kier alpha value is -3.94. The molecule has 1 heterocycles. The van der Waals surface area contributed by atoms with Gasteiger partial charge in [-0.1, -0.05) is 6.07 Å². The van der Waals surface area contributed by atoms with Crippen molar-refractivity contribution in [3.05, 3.63) is 60.3 Å². The Balaban J connectivity index is 1.60. The van der Waals surface area contributed by atoms with Crippen molar-refractivity contribution in [1.82, 2.24) is 25.3 Å². The van der Waals surface area contributed by atoms with Crippen molar-refractivity contribution in [2.75, 3.05) is 30.5 Å². The van der Waals surface area contributed by atoms with Crippen molar-refractivity contribution in [3.63, 3.8) is 0 Å². The summed E-state index contributed by atoms with van der Waals surface area (Å²) < 4.78 is 33.8. The highest BCUT2D eigenvalue weighted by Crippen LogP contribution is 2.24. The Morgan fingerprint density at radius 3 is 2.46 bits per heavy atom. The number of benzene rings is 2. The van der Waals surface area contributed by atoms with E-state index in [2.05, 4.69) is 36.0 Å². The maximum Gasteiger partial charge on any atom is 0.315 e. The number of carbonyl (C=O) groups excluding carboxylic acids is 1. The zero-order valence-corrected chi connectivity index (χ0v) is 23.4. The van der Waals surface area contributed by atoms with Crippen LogP contribution in [0, 0.1) is 6.92 Å². The molecule has 13 heteroatoms. The molecular weight excluding hydrogens is 520 g/mol. The van der Waals surface area contributed by atoms with Gasteiger partial charge in [0.2, 0.25) is 16.0 Å². The SMILES string of the molecule is Cc1cnc(Nc2ccc(OCCCNC(=O)NCN)cc2)nc1Nc1cccc(S(=O)(=O)NC(C)(C)C)c1. The van der Waals surface area contributed by atoms with Crippen LogP contribution in [-0.4, -0.2) is 49.8 Å². The molecule has 0 aliphatic rings. The summed E-state index contributed by atoms with van der Waals surface area (Å²) in [4.78, 5) is 20.4. The van der Waals surface area contributed by atoms with Crippen LogP contribution in [0.4, 0.5) is 27.9 Å². The average Bonchev–Trinajstić information content (AvgIpc) is 2.86. The molecule has 0 fully saturated rings. The zero-order chi connectivity index (χ0) is 28.5. The van der Waals surface area contributed by atoms with Gasteiger partial charge < -0.3 is 31.7 Å². The average molecular weight is 557 g/mol. The van der Waals surface area contributed by atoms with E-state index in [1.54, 1.807) is 51.2 Å². The number of nitrogens with zero attached hydrogens (tertiary/aromatic N) is 2. The van der Waals surface area contributed by atoms with Crippen molar-refractivity contribution < 1.29 is 17.9 Å². The van der Waals surface area contributed by atoms with Gasteiger partial charge in [0, 0.05) is 35.2 Å². The normalized spacial score (nSPS) is 11.5. The summed E-state index contributed by atoms with van der Waals surface area (Å²) in [6.07, 6.45) is 2.33. The van der Waals surface area contributed by atoms with Crippen LogP contribution >= 0.6 is 0 Å². The molecule has 7 N–H and O–H groups in total. The van der Waals surface area contributed by atoms with Gasteiger partial charge in [-0.15, -0.1) is 0 Å². The van der Waals surface area contributed by atoms with E-state index in [0.29, 0.717) is 42.8 Å². The molecular formula is C26H36N8O4S. The third kappa shape index (κ3) is 9.71. The van der Waals surface area contributed by atoms with E-state index in [-0.39, 0.29) is 17.6 Å². The molecule has 3 aromatic rings. The summed E-state index contributed by atoms with van der Waals surface area (Å²) in [6, 6.07) is 13.6. The fourth-order valence-electron chi connectivity index (χ4n) is 3.35. The number of aryl methyl sites for hydroxylation is 1. The minimum Gasteiger partial charge on any atom is -0.494 e. The summed E-state index contributed by atoms with van der Waals surface area (Å²) >= 11 is 0. The molecule has 0 atom stereocenters. The number of ether oxygens (including phenoxy) is 1. The van der Waals surface area contributed by atoms with Crippen LogP contribution in [0.5, 0.6) is 5.75 Å². The molecule has 2 aromatic carbocycles. The Morgan fingerprint density at radius 1 is 1.03 bits per heavy atom. The molecule has 0 spiro atoms. The summed E-state index contributed by atoms with van der Waals surface area (Å²) in [7, 11) is -3.68. The third-order valence-electron chi connectivity index (χ3n) is 5.07. The number of carbonyl (C=O) groups is 1. The minimum atomic E-state index is -3.68. The molecule has 0 aliphatic heterocycles. The minimum absolute atomic E-state index is 0.0875. The summed E-state index contributed by atoms with van der Waals surface area (Å²) in [5, 5.41) is 11.5. The van der Waals surface area contributed by atoms with E-state index < -0.39 is 15.6 Å². The molecule has 3 rings (SSSR count).